The lowest BCUT2D eigenvalue weighted by atomic mass is 10.3. The molecule has 0 heterocycles. The van der Waals surface area contributed by atoms with Gasteiger partial charge in [-0.15, -0.1) is 0 Å². The van der Waals surface area contributed by atoms with Crippen LogP contribution in [0.2, 0.25) is 0 Å². The Kier molecular flexibility index (Phi) is 12.0. The van der Waals surface area contributed by atoms with Crippen molar-refractivity contribution in [1.82, 2.24) is 0 Å². The SMILES string of the molecule is CCCCCSOS(=O)(=O)OSCCCCC. The second kappa shape index (κ2) is 11.6. The smallest absolute Gasteiger partial charge is 0.175 e. The quantitative estimate of drug-likeness (QED) is 0.402. The number of hydrogen-bond acceptors (Lipinski definition) is 6. The number of rotatable bonds is 12. The molecule has 0 aromatic carbocycles. The Balaban J connectivity index is 3.46. The lowest BCUT2D eigenvalue weighted by Crippen LogP contribution is -2.02. The van der Waals surface area contributed by atoms with Crippen molar-refractivity contribution in [2.24, 2.45) is 0 Å². The van der Waals surface area contributed by atoms with Crippen LogP contribution in [0.1, 0.15) is 52.4 Å². The molecule has 0 aliphatic heterocycles. The minimum Gasteiger partial charge on any atom is -0.175 e. The molecule has 0 bridgehead atoms. The van der Waals surface area contributed by atoms with Crippen LogP contribution in [0.15, 0.2) is 0 Å². The van der Waals surface area contributed by atoms with E-state index in [9.17, 15) is 8.42 Å². The van der Waals surface area contributed by atoms with Gasteiger partial charge in [-0.3, -0.25) is 0 Å². The van der Waals surface area contributed by atoms with Gasteiger partial charge in [0.15, 0.2) is 0 Å². The topological polar surface area (TPSA) is 52.6 Å². The Morgan fingerprint density at radius 2 is 1.24 bits per heavy atom. The molecule has 0 aliphatic carbocycles. The zero-order chi connectivity index (χ0) is 13.0. The molecule has 7 heteroatoms. The first-order valence-corrected chi connectivity index (χ1v) is 9.15. The Hall–Kier alpha value is 0.570. The van der Waals surface area contributed by atoms with E-state index in [0.717, 1.165) is 62.6 Å². The predicted octanol–water partition coefficient (Wildman–Crippen LogP) is 3.94. The molecule has 0 aromatic heterocycles. The molecule has 0 fully saturated rings. The van der Waals surface area contributed by atoms with Gasteiger partial charge in [-0.2, -0.15) is 15.7 Å². The minimum atomic E-state index is -3.83. The van der Waals surface area contributed by atoms with Crippen molar-refractivity contribution >= 4 is 34.5 Å². The maximum absolute atomic E-state index is 11.2. The summed E-state index contributed by atoms with van der Waals surface area (Å²) in [4.78, 5) is 0. The third-order valence-corrected chi connectivity index (χ3v) is 4.94. The molecule has 0 rings (SSSR count). The lowest BCUT2D eigenvalue weighted by molar-refractivity contribution is 0.437. The van der Waals surface area contributed by atoms with Crippen molar-refractivity contribution < 1.29 is 15.7 Å². The van der Waals surface area contributed by atoms with Gasteiger partial charge < -0.3 is 0 Å². The van der Waals surface area contributed by atoms with Crippen molar-refractivity contribution in [3.05, 3.63) is 0 Å². The van der Waals surface area contributed by atoms with E-state index in [-0.39, 0.29) is 0 Å². The standard InChI is InChI=1S/C10H22O4S3/c1-3-5-7-9-15-13-17(11,12)14-16-10-8-6-4-2/h3-10H2,1-2H3. The molecule has 0 amide bonds. The Labute approximate surface area is 114 Å². The fourth-order valence-corrected chi connectivity index (χ4v) is 3.45. The summed E-state index contributed by atoms with van der Waals surface area (Å²) in [5, 5.41) is 0. The largest absolute Gasteiger partial charge is 0.421 e. The van der Waals surface area contributed by atoms with Crippen molar-refractivity contribution in [1.29, 1.82) is 0 Å². The van der Waals surface area contributed by atoms with Gasteiger partial charge >= 0.3 is 10.4 Å². The van der Waals surface area contributed by atoms with Crippen molar-refractivity contribution in [2.75, 3.05) is 11.5 Å². The van der Waals surface area contributed by atoms with E-state index < -0.39 is 10.4 Å². The first kappa shape index (κ1) is 17.6. The van der Waals surface area contributed by atoms with Crippen molar-refractivity contribution in [3.8, 4) is 0 Å². The van der Waals surface area contributed by atoms with Gasteiger partial charge in [0.1, 0.15) is 0 Å². The average molecular weight is 302 g/mol. The molecule has 0 N–H and O–H groups in total. The number of hydrogen-bond donors (Lipinski definition) is 0. The highest BCUT2D eigenvalue weighted by Crippen LogP contribution is 2.18. The van der Waals surface area contributed by atoms with Crippen LogP contribution in [0.4, 0.5) is 0 Å². The Morgan fingerprint density at radius 1 is 0.824 bits per heavy atom. The molecule has 0 spiro atoms. The summed E-state index contributed by atoms with van der Waals surface area (Å²) in [6.45, 7) is 4.19. The molecule has 0 radical (unpaired) electrons. The monoisotopic (exact) mass is 302 g/mol. The highest BCUT2D eigenvalue weighted by Gasteiger charge is 2.13. The number of unbranched alkanes of at least 4 members (excludes halogenated alkanes) is 4. The summed E-state index contributed by atoms with van der Waals surface area (Å²) >= 11 is 1.88. The fraction of sp³-hybridized carbons (Fsp3) is 1.00. The Morgan fingerprint density at radius 3 is 1.59 bits per heavy atom. The summed E-state index contributed by atoms with van der Waals surface area (Å²) in [6, 6.07) is 0. The second-order valence-electron chi connectivity index (χ2n) is 3.60. The van der Waals surface area contributed by atoms with Gasteiger partial charge in [-0.1, -0.05) is 39.5 Å². The maximum Gasteiger partial charge on any atom is 0.421 e. The highest BCUT2D eigenvalue weighted by molar-refractivity contribution is 8.08. The van der Waals surface area contributed by atoms with Gasteiger partial charge in [-0.25, -0.2) is 0 Å². The van der Waals surface area contributed by atoms with Gasteiger partial charge in [-0.05, 0) is 12.8 Å². The van der Waals surface area contributed by atoms with Crippen molar-refractivity contribution in [2.45, 2.75) is 52.4 Å². The van der Waals surface area contributed by atoms with Gasteiger partial charge in [0.2, 0.25) is 0 Å². The molecule has 0 aromatic rings. The van der Waals surface area contributed by atoms with Crippen LogP contribution in [-0.4, -0.2) is 19.9 Å². The highest BCUT2D eigenvalue weighted by atomic mass is 32.3. The molecule has 0 unspecified atom stereocenters. The van der Waals surface area contributed by atoms with E-state index in [2.05, 4.69) is 21.1 Å². The zero-order valence-electron chi connectivity index (χ0n) is 10.5. The van der Waals surface area contributed by atoms with Crippen LogP contribution < -0.4 is 0 Å². The summed E-state index contributed by atoms with van der Waals surface area (Å²) in [7, 11) is -3.83. The Bertz CT molecular complexity index is 234. The first-order chi connectivity index (χ1) is 8.12. The zero-order valence-corrected chi connectivity index (χ0v) is 13.0. The van der Waals surface area contributed by atoms with E-state index >= 15 is 0 Å². The van der Waals surface area contributed by atoms with Crippen molar-refractivity contribution in [3.63, 3.8) is 0 Å². The second-order valence-corrected chi connectivity index (χ2v) is 6.80. The van der Waals surface area contributed by atoms with E-state index in [1.165, 1.54) is 0 Å². The molecule has 0 saturated heterocycles. The summed E-state index contributed by atoms with van der Waals surface area (Å²) in [5.41, 5.74) is 0. The van der Waals surface area contributed by atoms with E-state index in [4.69, 9.17) is 0 Å². The molecule has 0 aliphatic rings. The van der Waals surface area contributed by atoms with E-state index in [1.807, 2.05) is 0 Å². The van der Waals surface area contributed by atoms with Crippen LogP contribution in [-0.2, 0) is 17.7 Å². The lowest BCUT2D eigenvalue weighted by Gasteiger charge is -2.03. The van der Waals surface area contributed by atoms with Crippen LogP contribution in [0, 0.1) is 0 Å². The van der Waals surface area contributed by atoms with Crippen LogP contribution in [0.25, 0.3) is 0 Å². The van der Waals surface area contributed by atoms with E-state index in [0.29, 0.717) is 11.5 Å². The summed E-state index contributed by atoms with van der Waals surface area (Å²) in [6.07, 6.45) is 6.31. The third kappa shape index (κ3) is 12.8. The maximum atomic E-state index is 11.2. The van der Waals surface area contributed by atoms with Gasteiger partial charge in [0, 0.05) is 35.6 Å². The van der Waals surface area contributed by atoms with E-state index in [1.54, 1.807) is 0 Å². The first-order valence-electron chi connectivity index (χ1n) is 5.99. The fourth-order valence-electron chi connectivity index (χ4n) is 1.02. The van der Waals surface area contributed by atoms with Crippen LogP contribution >= 0.6 is 24.1 Å². The molecule has 17 heavy (non-hydrogen) atoms. The summed E-state index contributed by atoms with van der Waals surface area (Å²) in [5.74, 6) is 1.36. The molecule has 0 saturated carbocycles. The molecule has 104 valence electrons. The van der Waals surface area contributed by atoms with Gasteiger partial charge in [0.05, 0.1) is 0 Å². The van der Waals surface area contributed by atoms with Gasteiger partial charge in [0.25, 0.3) is 0 Å². The molecular formula is C10H22O4S3. The van der Waals surface area contributed by atoms with Crippen LogP contribution in [0.3, 0.4) is 0 Å². The third-order valence-electron chi connectivity index (χ3n) is 1.93. The normalized spacial score (nSPS) is 11.9. The molecule has 0 atom stereocenters. The molecule has 4 nitrogen and oxygen atoms in total. The van der Waals surface area contributed by atoms with Crippen LogP contribution in [0.5, 0.6) is 0 Å². The minimum absolute atomic E-state index is 0.678. The summed E-state index contributed by atoms with van der Waals surface area (Å²) < 4.78 is 31.7. The predicted molar refractivity (Wildman–Crippen MR) is 75.1 cm³/mol. The average Bonchev–Trinajstić information content (AvgIpc) is 2.28. The molecular weight excluding hydrogens is 280 g/mol.